The summed E-state index contributed by atoms with van der Waals surface area (Å²) in [4.78, 5) is 17.4. The topological polar surface area (TPSA) is 54.0 Å². The molecule has 0 saturated carbocycles. The molecule has 3 saturated heterocycles. The lowest BCUT2D eigenvalue weighted by molar-refractivity contribution is 0.0138. The lowest BCUT2D eigenvalue weighted by Crippen LogP contribution is -2.63. The number of rotatable bonds is 3. The molecule has 0 spiro atoms. The van der Waals surface area contributed by atoms with E-state index in [4.69, 9.17) is 21.1 Å². The third-order valence-corrected chi connectivity index (χ3v) is 4.79. The van der Waals surface area contributed by atoms with Crippen molar-refractivity contribution in [1.82, 2.24) is 15.1 Å². The second kappa shape index (κ2) is 5.61. The highest BCUT2D eigenvalue weighted by molar-refractivity contribution is 6.31. The summed E-state index contributed by atoms with van der Waals surface area (Å²) >= 11 is 6.04. The monoisotopic (exact) mass is 323 g/mol. The van der Waals surface area contributed by atoms with E-state index in [1.54, 1.807) is 12.1 Å². The summed E-state index contributed by atoms with van der Waals surface area (Å²) in [5.74, 6) is 0.849. The van der Waals surface area contributed by atoms with Gasteiger partial charge in [0.2, 0.25) is 6.79 Å². The fraction of sp³-hybridized carbons (Fsp3) is 0.533. The Morgan fingerprint density at radius 2 is 2.09 bits per heavy atom. The third-order valence-electron chi connectivity index (χ3n) is 4.57. The number of hydrogen-bond donors (Lipinski definition) is 1. The first-order valence-electron chi connectivity index (χ1n) is 7.54. The Morgan fingerprint density at radius 1 is 1.27 bits per heavy atom. The molecule has 4 aliphatic heterocycles. The highest BCUT2D eigenvalue weighted by Gasteiger charge is 2.32. The summed E-state index contributed by atoms with van der Waals surface area (Å²) in [7, 11) is 0. The van der Waals surface area contributed by atoms with Crippen molar-refractivity contribution in [2.24, 2.45) is 0 Å². The smallest absolute Gasteiger partial charge is 0.255 e. The van der Waals surface area contributed by atoms with E-state index in [2.05, 4.69) is 15.1 Å². The lowest BCUT2D eigenvalue weighted by atomic mass is 10.1. The van der Waals surface area contributed by atoms with Gasteiger partial charge in [-0.1, -0.05) is 11.6 Å². The minimum Gasteiger partial charge on any atom is -0.454 e. The maximum Gasteiger partial charge on any atom is 0.255 e. The van der Waals surface area contributed by atoms with Crippen molar-refractivity contribution < 1.29 is 14.3 Å². The third kappa shape index (κ3) is 2.51. The molecule has 6 nitrogen and oxygen atoms in total. The van der Waals surface area contributed by atoms with E-state index >= 15 is 0 Å². The summed E-state index contributed by atoms with van der Waals surface area (Å²) in [5, 5.41) is 3.48. The lowest BCUT2D eigenvalue weighted by Gasteiger charge is -2.47. The van der Waals surface area contributed by atoms with Gasteiger partial charge in [-0.15, -0.1) is 0 Å². The molecule has 7 heteroatoms. The molecule has 0 aromatic heterocycles. The van der Waals surface area contributed by atoms with Crippen LogP contribution in [0.3, 0.4) is 0 Å². The normalized spacial score (nSPS) is 28.7. The molecule has 3 fully saturated rings. The maximum absolute atomic E-state index is 12.5. The van der Waals surface area contributed by atoms with Crippen LogP contribution in [0.5, 0.6) is 11.5 Å². The Hall–Kier alpha value is -1.50. The predicted molar refractivity (Wildman–Crippen MR) is 81.7 cm³/mol. The standard InChI is InChI=1S/C15H18ClN3O3/c16-10-5-12(14-13(6-10)21-9-22-14)15(20)17-7-11-8-18-1-3-19(11)4-2-18/h5-6,11H,1-4,7-9H2,(H,17,20). The van der Waals surface area contributed by atoms with Gasteiger partial charge in [0.1, 0.15) is 0 Å². The molecular formula is C15H18ClN3O3. The van der Waals surface area contributed by atoms with Crippen LogP contribution in [-0.2, 0) is 0 Å². The molecule has 1 unspecified atom stereocenters. The van der Waals surface area contributed by atoms with Crippen molar-refractivity contribution >= 4 is 17.5 Å². The molecule has 5 rings (SSSR count). The van der Waals surface area contributed by atoms with Crippen LogP contribution in [0.2, 0.25) is 5.02 Å². The first-order chi connectivity index (χ1) is 10.7. The number of benzene rings is 1. The molecule has 1 N–H and O–H groups in total. The van der Waals surface area contributed by atoms with Crippen molar-refractivity contribution in [3.05, 3.63) is 22.7 Å². The average molecular weight is 324 g/mol. The van der Waals surface area contributed by atoms with Gasteiger partial charge in [-0.3, -0.25) is 14.6 Å². The molecule has 0 radical (unpaired) electrons. The van der Waals surface area contributed by atoms with Crippen molar-refractivity contribution in [3.63, 3.8) is 0 Å². The highest BCUT2D eigenvalue weighted by atomic mass is 35.5. The minimum absolute atomic E-state index is 0.126. The highest BCUT2D eigenvalue weighted by Crippen LogP contribution is 2.38. The number of nitrogens with zero attached hydrogens (tertiary/aromatic N) is 2. The van der Waals surface area contributed by atoms with Crippen molar-refractivity contribution in [3.8, 4) is 11.5 Å². The molecule has 4 heterocycles. The van der Waals surface area contributed by atoms with Crippen LogP contribution in [0.15, 0.2) is 12.1 Å². The number of nitrogens with one attached hydrogen (secondary N) is 1. The van der Waals surface area contributed by atoms with Crippen LogP contribution < -0.4 is 14.8 Å². The summed E-state index contributed by atoms with van der Waals surface area (Å²) in [6, 6.07) is 3.68. The van der Waals surface area contributed by atoms with E-state index in [1.165, 1.54) is 0 Å². The Kier molecular flexibility index (Phi) is 3.60. The molecule has 4 aliphatic rings. The molecule has 118 valence electrons. The summed E-state index contributed by atoms with van der Waals surface area (Å²) in [6.45, 7) is 6.23. The zero-order valence-electron chi connectivity index (χ0n) is 12.2. The molecule has 1 aromatic carbocycles. The Bertz CT molecular complexity index is 602. The molecule has 22 heavy (non-hydrogen) atoms. The van der Waals surface area contributed by atoms with Crippen LogP contribution >= 0.6 is 11.6 Å². The number of carbonyl (C=O) groups excluding carboxylic acids is 1. The first kappa shape index (κ1) is 14.1. The zero-order valence-corrected chi connectivity index (χ0v) is 12.9. The Balaban J connectivity index is 1.45. The number of ether oxygens (including phenoxy) is 2. The average Bonchev–Trinajstić information content (AvgIpc) is 3.01. The van der Waals surface area contributed by atoms with Gasteiger partial charge in [0.25, 0.3) is 5.91 Å². The van der Waals surface area contributed by atoms with Crippen molar-refractivity contribution in [2.45, 2.75) is 6.04 Å². The van der Waals surface area contributed by atoms with E-state index in [9.17, 15) is 4.79 Å². The van der Waals surface area contributed by atoms with Gasteiger partial charge >= 0.3 is 0 Å². The van der Waals surface area contributed by atoms with Crippen LogP contribution in [0.25, 0.3) is 0 Å². The van der Waals surface area contributed by atoms with Crippen molar-refractivity contribution in [1.29, 1.82) is 0 Å². The van der Waals surface area contributed by atoms with Crippen LogP contribution in [-0.4, -0.2) is 67.8 Å². The van der Waals surface area contributed by atoms with Gasteiger partial charge in [-0.2, -0.15) is 0 Å². The van der Waals surface area contributed by atoms with E-state index in [-0.39, 0.29) is 12.7 Å². The second-order valence-corrected chi connectivity index (χ2v) is 6.32. The molecule has 1 atom stereocenters. The molecule has 2 bridgehead atoms. The fourth-order valence-electron chi connectivity index (χ4n) is 3.37. The molecule has 0 aliphatic carbocycles. The molecular weight excluding hydrogens is 306 g/mol. The minimum atomic E-state index is -0.165. The van der Waals surface area contributed by atoms with E-state index in [0.717, 1.165) is 32.7 Å². The van der Waals surface area contributed by atoms with Crippen LogP contribution in [0.1, 0.15) is 10.4 Å². The van der Waals surface area contributed by atoms with Gasteiger partial charge in [0.15, 0.2) is 11.5 Å². The van der Waals surface area contributed by atoms with Crippen LogP contribution in [0, 0.1) is 0 Å². The fourth-order valence-corrected chi connectivity index (χ4v) is 3.58. The number of carbonyl (C=O) groups is 1. The van der Waals surface area contributed by atoms with E-state index in [0.29, 0.717) is 34.7 Å². The van der Waals surface area contributed by atoms with Gasteiger partial charge < -0.3 is 14.8 Å². The number of piperazine rings is 3. The van der Waals surface area contributed by atoms with Gasteiger partial charge in [0.05, 0.1) is 5.56 Å². The Labute approximate surface area is 133 Å². The number of amides is 1. The van der Waals surface area contributed by atoms with Gasteiger partial charge in [-0.05, 0) is 6.07 Å². The number of fused-ring (bicyclic) bond motifs is 4. The molecule has 1 aromatic rings. The quantitative estimate of drug-likeness (QED) is 0.891. The van der Waals surface area contributed by atoms with Crippen LogP contribution in [0.4, 0.5) is 0 Å². The maximum atomic E-state index is 12.5. The SMILES string of the molecule is O=C(NCC1CN2CCN1CC2)c1cc(Cl)cc2c1OCO2. The van der Waals surface area contributed by atoms with Crippen molar-refractivity contribution in [2.75, 3.05) is 46.1 Å². The Morgan fingerprint density at radius 3 is 2.82 bits per heavy atom. The van der Waals surface area contributed by atoms with E-state index in [1.807, 2.05) is 0 Å². The summed E-state index contributed by atoms with van der Waals surface area (Å²) in [5.41, 5.74) is 0.441. The van der Waals surface area contributed by atoms with Gasteiger partial charge in [0, 0.05) is 56.4 Å². The predicted octanol–water partition coefficient (Wildman–Crippen LogP) is 0.798. The van der Waals surface area contributed by atoms with E-state index < -0.39 is 0 Å². The number of halogens is 1. The largest absolute Gasteiger partial charge is 0.454 e. The zero-order chi connectivity index (χ0) is 15.1. The van der Waals surface area contributed by atoms with Gasteiger partial charge in [-0.25, -0.2) is 0 Å². The number of hydrogen-bond acceptors (Lipinski definition) is 5. The summed E-state index contributed by atoms with van der Waals surface area (Å²) in [6.07, 6.45) is 0. The summed E-state index contributed by atoms with van der Waals surface area (Å²) < 4.78 is 10.7. The first-order valence-corrected chi connectivity index (χ1v) is 7.92. The second-order valence-electron chi connectivity index (χ2n) is 5.89. The molecule has 1 amide bonds.